The molecular formula is C10H12ClIN2. The van der Waals surface area contributed by atoms with Gasteiger partial charge in [-0.05, 0) is 25.1 Å². The molecule has 1 aliphatic heterocycles. The maximum Gasteiger partial charge on any atom is 0.0958 e. The van der Waals surface area contributed by atoms with Crippen LogP contribution in [0, 0.1) is 0 Å². The van der Waals surface area contributed by atoms with Gasteiger partial charge in [0.05, 0.1) is 15.4 Å². The molecule has 4 heteroatoms. The fourth-order valence-electron chi connectivity index (χ4n) is 1.69. The minimum absolute atomic E-state index is 0.473. The van der Waals surface area contributed by atoms with Crippen LogP contribution >= 0.6 is 34.2 Å². The molecular weight excluding hydrogens is 310 g/mol. The molecule has 2 rings (SSSR count). The van der Waals surface area contributed by atoms with E-state index in [9.17, 15) is 0 Å². The summed E-state index contributed by atoms with van der Waals surface area (Å²) < 4.78 is 0.473. The zero-order valence-corrected chi connectivity index (χ0v) is 10.8. The van der Waals surface area contributed by atoms with Gasteiger partial charge in [-0.2, -0.15) is 0 Å². The van der Waals surface area contributed by atoms with Crippen LogP contribution in [0.25, 0.3) is 0 Å². The first-order chi connectivity index (χ1) is 6.70. The Morgan fingerprint density at radius 2 is 2.43 bits per heavy atom. The smallest absolute Gasteiger partial charge is 0.0958 e. The summed E-state index contributed by atoms with van der Waals surface area (Å²) in [7, 11) is 0. The highest BCUT2D eigenvalue weighted by atomic mass is 127. The SMILES string of the molecule is CCN1C[C@@H](I)Nc2ccc(Cl)cc21. The lowest BCUT2D eigenvalue weighted by Crippen LogP contribution is -2.38. The molecule has 0 bridgehead atoms. The second kappa shape index (κ2) is 4.14. The Labute approximate surface area is 103 Å². The Hall–Kier alpha value is -0.160. The summed E-state index contributed by atoms with van der Waals surface area (Å²) in [6, 6.07) is 6.00. The number of halogens is 2. The Kier molecular flexibility index (Phi) is 3.07. The molecule has 0 spiro atoms. The Morgan fingerprint density at radius 3 is 3.14 bits per heavy atom. The summed E-state index contributed by atoms with van der Waals surface area (Å²) in [5, 5.41) is 4.24. The zero-order chi connectivity index (χ0) is 10.1. The van der Waals surface area contributed by atoms with Crippen molar-refractivity contribution in [3.63, 3.8) is 0 Å². The minimum atomic E-state index is 0.473. The Morgan fingerprint density at radius 1 is 1.64 bits per heavy atom. The summed E-state index contributed by atoms with van der Waals surface area (Å²) in [5.41, 5.74) is 2.40. The van der Waals surface area contributed by atoms with E-state index in [0.717, 1.165) is 18.1 Å². The highest BCUT2D eigenvalue weighted by Crippen LogP contribution is 2.34. The fraction of sp³-hybridized carbons (Fsp3) is 0.400. The van der Waals surface area contributed by atoms with Gasteiger partial charge in [0.1, 0.15) is 0 Å². The second-order valence-corrected chi connectivity index (χ2v) is 5.25. The number of nitrogens with one attached hydrogen (secondary N) is 1. The molecule has 1 atom stereocenters. The van der Waals surface area contributed by atoms with Gasteiger partial charge in [0.2, 0.25) is 0 Å². The zero-order valence-electron chi connectivity index (χ0n) is 7.93. The van der Waals surface area contributed by atoms with E-state index in [0.29, 0.717) is 4.05 Å². The van der Waals surface area contributed by atoms with Crippen LogP contribution in [0.3, 0.4) is 0 Å². The third-order valence-corrected chi connectivity index (χ3v) is 3.32. The van der Waals surface area contributed by atoms with Crippen LogP contribution in [0.15, 0.2) is 18.2 Å². The van der Waals surface area contributed by atoms with Gasteiger partial charge in [0, 0.05) is 18.1 Å². The fourth-order valence-corrected chi connectivity index (χ4v) is 2.67. The second-order valence-electron chi connectivity index (χ2n) is 3.31. The van der Waals surface area contributed by atoms with Crippen molar-refractivity contribution >= 4 is 45.6 Å². The number of benzene rings is 1. The van der Waals surface area contributed by atoms with E-state index in [1.165, 1.54) is 11.4 Å². The van der Waals surface area contributed by atoms with Crippen molar-refractivity contribution in [1.82, 2.24) is 0 Å². The Bertz CT molecular complexity index is 343. The van der Waals surface area contributed by atoms with Crippen molar-refractivity contribution in [2.75, 3.05) is 23.3 Å². The number of hydrogen-bond acceptors (Lipinski definition) is 2. The highest BCUT2D eigenvalue weighted by molar-refractivity contribution is 14.1. The van der Waals surface area contributed by atoms with Crippen molar-refractivity contribution < 1.29 is 0 Å². The van der Waals surface area contributed by atoms with Gasteiger partial charge in [-0.25, -0.2) is 0 Å². The van der Waals surface area contributed by atoms with Gasteiger partial charge in [0.25, 0.3) is 0 Å². The molecule has 0 aromatic heterocycles. The summed E-state index contributed by atoms with van der Waals surface area (Å²) in [5.74, 6) is 0. The molecule has 0 saturated carbocycles. The topological polar surface area (TPSA) is 15.3 Å². The lowest BCUT2D eigenvalue weighted by molar-refractivity contribution is 0.801. The van der Waals surface area contributed by atoms with Crippen molar-refractivity contribution in [1.29, 1.82) is 0 Å². The summed E-state index contributed by atoms with van der Waals surface area (Å²) in [6.07, 6.45) is 0. The quantitative estimate of drug-likeness (QED) is 0.484. The first-order valence-corrected chi connectivity index (χ1v) is 6.28. The normalized spacial score (nSPS) is 20.2. The molecule has 76 valence electrons. The Balaban J connectivity index is 2.41. The lowest BCUT2D eigenvalue weighted by atomic mass is 10.2. The summed E-state index contributed by atoms with van der Waals surface area (Å²) in [6.45, 7) is 4.22. The number of nitrogens with zero attached hydrogens (tertiary/aromatic N) is 1. The molecule has 0 radical (unpaired) electrons. The molecule has 0 aliphatic carbocycles. The molecule has 2 nitrogen and oxygen atoms in total. The standard InChI is InChI=1S/C10H12ClIN2/c1-2-14-6-10(12)13-8-4-3-7(11)5-9(8)14/h3-5,10,13H,2,6H2,1H3/t10-/m0/s1. The van der Waals surface area contributed by atoms with Crippen LogP contribution in [-0.2, 0) is 0 Å². The first kappa shape index (κ1) is 10.4. The lowest BCUT2D eigenvalue weighted by Gasteiger charge is -2.34. The first-order valence-electron chi connectivity index (χ1n) is 4.66. The third kappa shape index (κ3) is 1.93. The van der Waals surface area contributed by atoms with E-state index >= 15 is 0 Å². The van der Waals surface area contributed by atoms with E-state index in [1.807, 2.05) is 18.2 Å². The van der Waals surface area contributed by atoms with E-state index in [1.54, 1.807) is 0 Å². The molecule has 1 aromatic rings. The number of hydrogen-bond donors (Lipinski definition) is 1. The monoisotopic (exact) mass is 322 g/mol. The van der Waals surface area contributed by atoms with E-state index < -0.39 is 0 Å². The van der Waals surface area contributed by atoms with E-state index in [-0.39, 0.29) is 0 Å². The number of anilines is 2. The van der Waals surface area contributed by atoms with Gasteiger partial charge in [0.15, 0.2) is 0 Å². The summed E-state index contributed by atoms with van der Waals surface area (Å²) >= 11 is 8.39. The van der Waals surface area contributed by atoms with Crippen LogP contribution in [0.1, 0.15) is 6.92 Å². The largest absolute Gasteiger partial charge is 0.370 e. The van der Waals surface area contributed by atoms with Crippen LogP contribution in [-0.4, -0.2) is 17.1 Å². The van der Waals surface area contributed by atoms with Gasteiger partial charge in [-0.3, -0.25) is 0 Å². The minimum Gasteiger partial charge on any atom is -0.370 e. The van der Waals surface area contributed by atoms with Crippen molar-refractivity contribution in [3.8, 4) is 0 Å². The van der Waals surface area contributed by atoms with Crippen molar-refractivity contribution in [3.05, 3.63) is 23.2 Å². The summed E-state index contributed by atoms with van der Waals surface area (Å²) in [4.78, 5) is 2.34. The molecule has 1 heterocycles. The number of fused-ring (bicyclic) bond motifs is 1. The average Bonchev–Trinajstić information content (AvgIpc) is 2.17. The van der Waals surface area contributed by atoms with E-state index in [2.05, 4.69) is 39.7 Å². The molecule has 1 aromatic carbocycles. The molecule has 1 aliphatic rings. The predicted molar refractivity (Wildman–Crippen MR) is 70.8 cm³/mol. The van der Waals surface area contributed by atoms with Crippen molar-refractivity contribution in [2.45, 2.75) is 11.0 Å². The number of likely N-dealkylation sites (N-methyl/N-ethyl adjacent to an activating group) is 1. The molecule has 0 saturated heterocycles. The molecule has 1 N–H and O–H groups in total. The third-order valence-electron chi connectivity index (χ3n) is 2.37. The van der Waals surface area contributed by atoms with Crippen molar-refractivity contribution in [2.24, 2.45) is 0 Å². The van der Waals surface area contributed by atoms with Gasteiger partial charge in [-0.15, -0.1) is 0 Å². The van der Waals surface area contributed by atoms with Gasteiger partial charge >= 0.3 is 0 Å². The predicted octanol–water partition coefficient (Wildman–Crippen LogP) is 3.35. The van der Waals surface area contributed by atoms with Crippen LogP contribution in [0.5, 0.6) is 0 Å². The number of rotatable bonds is 1. The van der Waals surface area contributed by atoms with Crippen LogP contribution in [0.2, 0.25) is 5.02 Å². The maximum atomic E-state index is 5.98. The van der Waals surface area contributed by atoms with Crippen LogP contribution < -0.4 is 10.2 Å². The molecule has 0 unspecified atom stereocenters. The van der Waals surface area contributed by atoms with Gasteiger partial charge < -0.3 is 10.2 Å². The molecule has 0 fully saturated rings. The molecule has 14 heavy (non-hydrogen) atoms. The molecule has 0 amide bonds. The van der Waals surface area contributed by atoms with E-state index in [4.69, 9.17) is 11.6 Å². The maximum absolute atomic E-state index is 5.98. The highest BCUT2D eigenvalue weighted by Gasteiger charge is 2.20. The number of alkyl halides is 1. The van der Waals surface area contributed by atoms with Gasteiger partial charge in [-0.1, -0.05) is 34.2 Å². The van der Waals surface area contributed by atoms with Crippen LogP contribution in [0.4, 0.5) is 11.4 Å². The average molecular weight is 323 g/mol.